The Hall–Kier alpha value is -1.00. The van der Waals surface area contributed by atoms with Crippen LogP contribution < -0.4 is 0 Å². The average molecular weight is 324 g/mol. The van der Waals surface area contributed by atoms with E-state index in [1.54, 1.807) is 0 Å². The van der Waals surface area contributed by atoms with Gasteiger partial charge in [-0.2, -0.15) is 5.92 Å². The van der Waals surface area contributed by atoms with Gasteiger partial charge in [0, 0.05) is 0 Å². The van der Waals surface area contributed by atoms with Crippen molar-refractivity contribution in [1.29, 1.82) is 0 Å². The maximum Gasteiger partial charge on any atom is 0 e. The second-order valence-electron chi connectivity index (χ2n) is 1.39. The molecule has 0 heterocycles. The Morgan fingerprint density at radius 2 is 1.40 bits per heavy atom. The Morgan fingerprint density at radius 1 is 1.40 bits per heavy atom. The standard InChI is InChI=1S/C4H9.Rf/c1-4(2)3;/h4H,1H2,2-3H3;/q-1;. The molecule has 5 heavy (non-hydrogen) atoms. The van der Waals surface area contributed by atoms with Crippen molar-refractivity contribution in [1.82, 2.24) is 0 Å². The van der Waals surface area contributed by atoms with Gasteiger partial charge in [-0.05, 0) is 0 Å². The molecule has 0 nitrogen and oxygen atoms in total. The largest absolute Gasteiger partial charge is 0.341 e. The van der Waals surface area contributed by atoms with Crippen LogP contribution in [-0.4, -0.2) is 0 Å². The zero-order chi connectivity index (χ0) is 3.58. The summed E-state index contributed by atoms with van der Waals surface area (Å²) in [5.41, 5.74) is 0. The first-order chi connectivity index (χ1) is 1.73. The van der Waals surface area contributed by atoms with Gasteiger partial charge in [-0.3, -0.25) is 0 Å². The first kappa shape index (κ1) is 9.00. The Bertz CT molecular complexity index is 8.36. The van der Waals surface area contributed by atoms with Crippen molar-refractivity contribution >= 4 is 0 Å². The molecule has 0 saturated heterocycles. The molecule has 0 aromatic rings. The second-order valence-corrected chi connectivity index (χ2v) is 1.39. The molecule has 0 aliphatic carbocycles. The van der Waals surface area contributed by atoms with Gasteiger partial charge in [0.15, 0.2) is 0 Å². The maximum absolute atomic E-state index is 3.64. The van der Waals surface area contributed by atoms with Crippen molar-refractivity contribution in [2.75, 3.05) is 0 Å². The maximum atomic E-state index is 3.64. The minimum absolute atomic E-state index is 0. The molecule has 0 radical (unpaired) electrons. The topological polar surface area (TPSA) is 0 Å². The van der Waals surface area contributed by atoms with Crippen LogP contribution in [0.2, 0.25) is 0 Å². The first-order valence-electron chi connectivity index (χ1n) is 1.56. The second kappa shape index (κ2) is 3.00. The van der Waals surface area contributed by atoms with Gasteiger partial charge >= 0.3 is 0 Å². The Balaban J connectivity index is 0. The van der Waals surface area contributed by atoms with Crippen molar-refractivity contribution in [3.8, 4) is 0 Å². The molecule has 0 amide bonds. The van der Waals surface area contributed by atoms with Crippen molar-refractivity contribution < 1.29 is 0 Å². The molecule has 0 atom stereocenters. The molecule has 0 rings (SSSR count). The van der Waals surface area contributed by atoms with Gasteiger partial charge in [0.2, 0.25) is 0 Å². The SMILES string of the molecule is [CH2-]C(C)C.[Rf]. The van der Waals surface area contributed by atoms with Gasteiger partial charge < -0.3 is 6.92 Å². The van der Waals surface area contributed by atoms with E-state index in [0.29, 0.717) is 5.92 Å². The van der Waals surface area contributed by atoms with Crippen molar-refractivity contribution in [3.05, 3.63) is 6.92 Å². The summed E-state index contributed by atoms with van der Waals surface area (Å²) >= 11 is 0. The van der Waals surface area contributed by atoms with E-state index < -0.39 is 0 Å². The van der Waals surface area contributed by atoms with Crippen LogP contribution >= 0.6 is 0 Å². The van der Waals surface area contributed by atoms with Crippen LogP contribution in [0.4, 0.5) is 0 Å². The fourth-order valence-corrected chi connectivity index (χ4v) is 0. The van der Waals surface area contributed by atoms with E-state index in [1.165, 1.54) is 0 Å². The Kier molecular flexibility index (Phi) is 5.40. The molecule has 0 bridgehead atoms. The molecular weight excluding hydrogens is 315 g/mol. The number of hydrogen-bond donors (Lipinski definition) is 0. The molecule has 0 unspecified atom stereocenters. The summed E-state index contributed by atoms with van der Waals surface area (Å²) in [6.45, 7) is 7.75. The average Bonchev–Trinajstić information content (AvgIpc) is 0.811. The minimum Gasteiger partial charge on any atom is -0.341 e. The van der Waals surface area contributed by atoms with Crippen LogP contribution in [0.25, 0.3) is 0 Å². The first-order valence-corrected chi connectivity index (χ1v) is 1.56. The summed E-state index contributed by atoms with van der Waals surface area (Å²) in [5, 5.41) is 0. The van der Waals surface area contributed by atoms with Gasteiger partial charge in [0.25, 0.3) is 0 Å². The smallest absolute Gasteiger partial charge is 0 e. The monoisotopic (exact) mass is 324 g/mol. The zero-order valence-electron chi connectivity index (χ0n) is 3.99. The van der Waals surface area contributed by atoms with E-state index in [4.69, 9.17) is 0 Å². The molecule has 28 valence electrons. The Morgan fingerprint density at radius 3 is 1.40 bits per heavy atom. The van der Waals surface area contributed by atoms with E-state index >= 15 is 0 Å². The van der Waals surface area contributed by atoms with Gasteiger partial charge in [-0.1, -0.05) is 13.8 Å². The van der Waals surface area contributed by atoms with Gasteiger partial charge in [-0.25, -0.2) is 0 Å². The van der Waals surface area contributed by atoms with Crippen molar-refractivity contribution in [2.24, 2.45) is 5.92 Å². The van der Waals surface area contributed by atoms with E-state index in [9.17, 15) is 0 Å². The quantitative estimate of drug-likeness (QED) is 0.592. The number of rotatable bonds is 0. The molecule has 0 spiro atoms. The van der Waals surface area contributed by atoms with Gasteiger partial charge in [0.1, 0.15) is 0 Å². The molecule has 0 saturated carbocycles. The third-order valence-electron chi connectivity index (χ3n) is 0. The van der Waals surface area contributed by atoms with Crippen LogP contribution in [-0.2, 0) is 0 Å². The van der Waals surface area contributed by atoms with Crippen LogP contribution in [0.15, 0.2) is 0 Å². The summed E-state index contributed by atoms with van der Waals surface area (Å²) in [4.78, 5) is 0. The fraction of sp³-hybridized carbons (Fsp3) is 0.750. The molecule has 0 aliphatic heterocycles. The molecule has 0 aromatic heterocycles. The Labute approximate surface area is 27.8 Å². The normalized spacial score (nSPS) is 7.20. The summed E-state index contributed by atoms with van der Waals surface area (Å²) in [6, 6.07) is 0. The van der Waals surface area contributed by atoms with Crippen LogP contribution in [0.5, 0.6) is 0 Å². The van der Waals surface area contributed by atoms with E-state index in [-0.39, 0.29) is 0 Å². The zero-order valence-corrected chi connectivity index (χ0v) is 10.4. The molecule has 0 aromatic carbocycles. The molecule has 0 N–H and O–H groups in total. The van der Waals surface area contributed by atoms with Crippen LogP contribution in [0.1, 0.15) is 13.8 Å². The van der Waals surface area contributed by atoms with Crippen LogP contribution in [0.3, 0.4) is 0 Å². The number of hydrogen-bond acceptors (Lipinski definition) is 0. The summed E-state index contributed by atoms with van der Waals surface area (Å²) in [7, 11) is 0. The van der Waals surface area contributed by atoms with Crippen molar-refractivity contribution in [3.63, 3.8) is 0 Å². The molecule has 1 heteroatoms. The van der Waals surface area contributed by atoms with Gasteiger partial charge in [-0.15, -0.1) is 0 Å². The third kappa shape index (κ3) is 3.00. The van der Waals surface area contributed by atoms with Gasteiger partial charge in [0.05, 0.1) is 0 Å². The molecule has 0 aliphatic rings. The predicted octanol–water partition coefficient (Wildman–Crippen LogP) is 1.48. The molecular formula is C4H9Rf-. The summed E-state index contributed by atoms with van der Waals surface area (Å²) in [5.74, 6) is 0.583. The van der Waals surface area contributed by atoms with Crippen LogP contribution in [0, 0.1) is 12.8 Å². The summed E-state index contributed by atoms with van der Waals surface area (Å²) in [6.07, 6.45) is 0. The summed E-state index contributed by atoms with van der Waals surface area (Å²) < 4.78 is 0. The van der Waals surface area contributed by atoms with Crippen molar-refractivity contribution in [2.45, 2.75) is 13.8 Å². The predicted molar refractivity (Wildman–Crippen MR) is 20.2 cm³/mol. The third-order valence-corrected chi connectivity index (χ3v) is 0. The molecule has 0 fully saturated rings. The van der Waals surface area contributed by atoms with E-state index in [0.717, 1.165) is 0 Å². The minimum atomic E-state index is 0. The van der Waals surface area contributed by atoms with E-state index in [1.807, 2.05) is 0 Å². The van der Waals surface area contributed by atoms with E-state index in [2.05, 4.69) is 20.8 Å². The fourth-order valence-electron chi connectivity index (χ4n) is 0.